The van der Waals surface area contributed by atoms with Crippen molar-refractivity contribution >= 4 is 40.6 Å². The normalized spacial score (nSPS) is 11.2. The topological polar surface area (TPSA) is 59.1 Å². The van der Waals surface area contributed by atoms with Gasteiger partial charge in [-0.05, 0) is 18.2 Å². The van der Waals surface area contributed by atoms with Gasteiger partial charge in [-0.2, -0.15) is 0 Å². The Hall–Kier alpha value is -1.53. The Kier molecular flexibility index (Phi) is 3.59. The molecule has 0 saturated heterocycles. The Morgan fingerprint density at radius 2 is 1.89 bits per heavy atom. The number of anilines is 1. The van der Waals surface area contributed by atoms with E-state index in [1.807, 2.05) is 7.85 Å². The van der Waals surface area contributed by atoms with Gasteiger partial charge in [0.1, 0.15) is 7.85 Å². The third kappa shape index (κ3) is 2.83. The molecule has 0 aliphatic rings. The quantitative estimate of drug-likeness (QED) is 0.668. The maximum absolute atomic E-state index is 12.1. The van der Waals surface area contributed by atoms with Gasteiger partial charge in [0, 0.05) is 6.20 Å². The van der Waals surface area contributed by atoms with Gasteiger partial charge in [-0.1, -0.05) is 35.3 Å². The van der Waals surface area contributed by atoms with E-state index < -0.39 is 10.0 Å². The summed E-state index contributed by atoms with van der Waals surface area (Å²) in [5, 5.41) is 0.125. The summed E-state index contributed by atoms with van der Waals surface area (Å²) in [6, 6.07) is 9.73. The van der Waals surface area contributed by atoms with E-state index >= 15 is 0 Å². The number of sulfonamides is 1. The second kappa shape index (κ2) is 5.00. The highest BCUT2D eigenvalue weighted by Crippen LogP contribution is 2.20. The van der Waals surface area contributed by atoms with Crippen molar-refractivity contribution in [3.63, 3.8) is 0 Å². The molecule has 0 spiro atoms. The molecule has 0 fully saturated rings. The van der Waals surface area contributed by atoms with Crippen LogP contribution in [0.3, 0.4) is 0 Å². The molecule has 0 saturated carbocycles. The van der Waals surface area contributed by atoms with Gasteiger partial charge in [0.25, 0.3) is 10.0 Å². The molecule has 0 bridgehead atoms. The number of hydrogen-bond acceptors (Lipinski definition) is 3. The van der Waals surface area contributed by atoms with Crippen molar-refractivity contribution in [2.75, 3.05) is 4.72 Å². The van der Waals surface area contributed by atoms with E-state index in [0.29, 0.717) is 0 Å². The first-order valence-electron chi connectivity index (χ1n) is 5.19. The van der Waals surface area contributed by atoms with Crippen LogP contribution >= 0.6 is 11.6 Å². The van der Waals surface area contributed by atoms with Gasteiger partial charge in [-0.25, -0.2) is 13.4 Å². The van der Waals surface area contributed by atoms with E-state index in [1.54, 1.807) is 30.5 Å². The lowest BCUT2D eigenvalue weighted by Crippen LogP contribution is -2.15. The number of nitrogens with one attached hydrogen (secondary N) is 1. The van der Waals surface area contributed by atoms with E-state index in [-0.39, 0.29) is 15.7 Å². The third-order valence-electron chi connectivity index (χ3n) is 2.27. The minimum Gasteiger partial charge on any atom is -0.277 e. The number of pyridine rings is 1. The minimum atomic E-state index is -3.63. The number of halogens is 1. The van der Waals surface area contributed by atoms with E-state index in [4.69, 9.17) is 11.6 Å². The number of rotatable bonds is 3. The molecule has 0 radical (unpaired) electrons. The lowest BCUT2D eigenvalue weighted by molar-refractivity contribution is 0.601. The second-order valence-electron chi connectivity index (χ2n) is 3.77. The van der Waals surface area contributed by atoms with Crippen molar-refractivity contribution in [1.82, 2.24) is 4.98 Å². The molecule has 1 aromatic carbocycles. The molecular weight excluding hydrogens is 270 g/mol. The molecule has 1 heterocycles. The largest absolute Gasteiger partial charge is 0.277 e. The summed E-state index contributed by atoms with van der Waals surface area (Å²) in [4.78, 5) is 4.08. The molecule has 1 aromatic heterocycles. The van der Waals surface area contributed by atoms with Crippen molar-refractivity contribution in [2.45, 2.75) is 4.90 Å². The molecular formula is C11H10BClN2O2S. The zero-order valence-corrected chi connectivity index (χ0v) is 11.2. The number of nitrogens with zero attached hydrogens (tertiary/aromatic N) is 1. The summed E-state index contributed by atoms with van der Waals surface area (Å²) < 4.78 is 26.6. The summed E-state index contributed by atoms with van der Waals surface area (Å²) in [5.74, 6) is 0. The molecule has 0 atom stereocenters. The fraction of sp³-hybridized carbons (Fsp3) is 0. The van der Waals surface area contributed by atoms with Gasteiger partial charge in [0.05, 0.1) is 10.6 Å². The fourth-order valence-electron chi connectivity index (χ4n) is 1.43. The van der Waals surface area contributed by atoms with Gasteiger partial charge in [0.15, 0.2) is 5.15 Å². The predicted molar refractivity (Wildman–Crippen MR) is 74.7 cm³/mol. The number of benzene rings is 1. The van der Waals surface area contributed by atoms with Crippen molar-refractivity contribution in [3.8, 4) is 0 Å². The zero-order chi connectivity index (χ0) is 13.2. The van der Waals surface area contributed by atoms with Crippen LogP contribution in [0.2, 0.25) is 5.15 Å². The molecule has 7 heteroatoms. The highest BCUT2D eigenvalue weighted by Gasteiger charge is 2.15. The van der Waals surface area contributed by atoms with Crippen LogP contribution in [-0.4, -0.2) is 21.2 Å². The average Bonchev–Trinajstić information content (AvgIpc) is 2.35. The molecule has 0 amide bonds. The Bertz CT molecular complexity index is 662. The smallest absolute Gasteiger partial charge is 0.261 e. The Labute approximate surface area is 111 Å². The number of hydrogen-bond donors (Lipinski definition) is 1. The standard InChI is InChI=1S/C11H10BClN2O2S/c12-8-6-10(11(13)14-7-8)15-18(16,17)9-4-2-1-3-5-9/h1-7,15H,12H2. The second-order valence-corrected chi connectivity index (χ2v) is 5.81. The van der Waals surface area contributed by atoms with Gasteiger partial charge < -0.3 is 0 Å². The van der Waals surface area contributed by atoms with Crippen LogP contribution in [0.5, 0.6) is 0 Å². The molecule has 92 valence electrons. The first kappa shape index (κ1) is 12.9. The van der Waals surface area contributed by atoms with Crippen molar-refractivity contribution in [1.29, 1.82) is 0 Å². The monoisotopic (exact) mass is 280 g/mol. The molecule has 2 aromatic rings. The molecule has 0 aliphatic carbocycles. The van der Waals surface area contributed by atoms with E-state index in [2.05, 4.69) is 9.71 Å². The minimum absolute atomic E-state index is 0.125. The first-order valence-corrected chi connectivity index (χ1v) is 7.05. The van der Waals surface area contributed by atoms with Gasteiger partial charge >= 0.3 is 0 Å². The summed E-state index contributed by atoms with van der Waals surface area (Å²) in [7, 11) is -1.82. The van der Waals surface area contributed by atoms with Gasteiger partial charge in [0.2, 0.25) is 0 Å². The number of aromatic nitrogens is 1. The van der Waals surface area contributed by atoms with Crippen molar-refractivity contribution in [2.24, 2.45) is 0 Å². The molecule has 18 heavy (non-hydrogen) atoms. The van der Waals surface area contributed by atoms with E-state index in [0.717, 1.165) is 5.46 Å². The van der Waals surface area contributed by atoms with Crippen LogP contribution in [0, 0.1) is 0 Å². The van der Waals surface area contributed by atoms with Crippen LogP contribution < -0.4 is 10.2 Å². The average molecular weight is 281 g/mol. The third-order valence-corrected chi connectivity index (χ3v) is 3.96. The molecule has 4 nitrogen and oxygen atoms in total. The van der Waals surface area contributed by atoms with Crippen LogP contribution in [0.1, 0.15) is 0 Å². The maximum atomic E-state index is 12.1. The van der Waals surface area contributed by atoms with Gasteiger partial charge in [-0.15, -0.1) is 0 Å². The Balaban J connectivity index is 2.37. The summed E-state index contributed by atoms with van der Waals surface area (Å²) in [6.07, 6.45) is 1.57. The van der Waals surface area contributed by atoms with Crippen LogP contribution in [0.4, 0.5) is 5.69 Å². The molecule has 0 unspecified atom stereocenters. The summed E-state index contributed by atoms with van der Waals surface area (Å²) >= 11 is 5.85. The van der Waals surface area contributed by atoms with Crippen molar-refractivity contribution < 1.29 is 8.42 Å². The lowest BCUT2D eigenvalue weighted by atomic mass is 9.99. The highest BCUT2D eigenvalue weighted by atomic mass is 35.5. The Morgan fingerprint density at radius 1 is 1.22 bits per heavy atom. The lowest BCUT2D eigenvalue weighted by Gasteiger charge is -2.09. The van der Waals surface area contributed by atoms with Gasteiger partial charge in [-0.3, -0.25) is 4.72 Å². The predicted octanol–water partition coefficient (Wildman–Crippen LogP) is 0.794. The summed E-state index contributed by atoms with van der Waals surface area (Å²) in [6.45, 7) is 0. The molecule has 0 aliphatic heterocycles. The molecule has 1 N–H and O–H groups in total. The first-order chi connectivity index (χ1) is 8.49. The molecule has 2 rings (SSSR count). The SMILES string of the molecule is Bc1cnc(Cl)c(NS(=O)(=O)c2ccccc2)c1. The van der Waals surface area contributed by atoms with Crippen LogP contribution in [0.15, 0.2) is 47.5 Å². The van der Waals surface area contributed by atoms with Crippen LogP contribution in [0.25, 0.3) is 0 Å². The zero-order valence-electron chi connectivity index (χ0n) is 9.59. The van der Waals surface area contributed by atoms with E-state index in [9.17, 15) is 8.42 Å². The Morgan fingerprint density at radius 3 is 2.56 bits per heavy atom. The van der Waals surface area contributed by atoms with Crippen LogP contribution in [-0.2, 0) is 10.0 Å². The maximum Gasteiger partial charge on any atom is 0.261 e. The summed E-state index contributed by atoms with van der Waals surface area (Å²) in [5.41, 5.74) is 1.10. The fourth-order valence-corrected chi connectivity index (χ4v) is 2.71. The highest BCUT2D eigenvalue weighted by molar-refractivity contribution is 7.92. The van der Waals surface area contributed by atoms with Crippen molar-refractivity contribution in [3.05, 3.63) is 47.7 Å². The van der Waals surface area contributed by atoms with E-state index in [1.165, 1.54) is 12.1 Å².